The monoisotopic (exact) mass is 307 g/mol. The molecule has 2 aromatic rings. The third-order valence-corrected chi connectivity index (χ3v) is 4.65. The first-order valence-electron chi connectivity index (χ1n) is 6.72. The predicted octanol–water partition coefficient (Wildman–Crippen LogP) is 3.43. The summed E-state index contributed by atoms with van der Waals surface area (Å²) in [6.45, 7) is 4.24. The fraction of sp³-hybridized carbons (Fsp3) is 0.250. The molecule has 112 valence electrons. The van der Waals surface area contributed by atoms with Gasteiger partial charge >= 0.3 is 0 Å². The quantitative estimate of drug-likeness (QED) is 0.920. The van der Waals surface area contributed by atoms with Gasteiger partial charge < -0.3 is 0 Å². The number of halogens is 1. The minimum Gasteiger partial charge on any atom is -0.207 e. The maximum Gasteiger partial charge on any atom is 0.240 e. The lowest BCUT2D eigenvalue weighted by atomic mass is 10.0. The van der Waals surface area contributed by atoms with Gasteiger partial charge in [-0.1, -0.05) is 38.1 Å². The summed E-state index contributed by atoms with van der Waals surface area (Å²) in [5.74, 6) is 0.0137. The summed E-state index contributed by atoms with van der Waals surface area (Å²) in [7, 11) is -3.55. The molecular weight excluding hydrogens is 289 g/mol. The zero-order valence-electron chi connectivity index (χ0n) is 12.0. The van der Waals surface area contributed by atoms with Gasteiger partial charge in [0.15, 0.2) is 0 Å². The second-order valence-electron chi connectivity index (χ2n) is 5.17. The van der Waals surface area contributed by atoms with Gasteiger partial charge in [-0.3, -0.25) is 0 Å². The van der Waals surface area contributed by atoms with Crippen molar-refractivity contribution in [1.82, 2.24) is 4.72 Å². The molecule has 0 bridgehead atoms. The molecule has 0 saturated heterocycles. The van der Waals surface area contributed by atoms with Crippen molar-refractivity contribution in [3.63, 3.8) is 0 Å². The molecule has 0 unspecified atom stereocenters. The molecule has 2 aromatic carbocycles. The Morgan fingerprint density at radius 1 is 1.00 bits per heavy atom. The highest BCUT2D eigenvalue weighted by Crippen LogP contribution is 2.17. The van der Waals surface area contributed by atoms with E-state index in [0.29, 0.717) is 11.5 Å². The molecule has 0 atom stereocenters. The van der Waals surface area contributed by atoms with Crippen molar-refractivity contribution >= 4 is 10.0 Å². The van der Waals surface area contributed by atoms with Gasteiger partial charge in [-0.2, -0.15) is 0 Å². The van der Waals surface area contributed by atoms with Crippen LogP contribution >= 0.6 is 0 Å². The largest absolute Gasteiger partial charge is 0.240 e. The lowest BCUT2D eigenvalue weighted by molar-refractivity contribution is 0.581. The van der Waals surface area contributed by atoms with Crippen LogP contribution in [0.1, 0.15) is 30.9 Å². The Labute approximate surface area is 124 Å². The molecule has 0 aliphatic rings. The minimum absolute atomic E-state index is 0.133. The molecule has 2 rings (SSSR count). The normalized spacial score (nSPS) is 11.8. The molecule has 1 N–H and O–H groups in total. The number of sulfonamides is 1. The third kappa shape index (κ3) is 4.12. The molecule has 3 nitrogen and oxygen atoms in total. The number of hydrogen-bond acceptors (Lipinski definition) is 2. The molecule has 0 aromatic heterocycles. The smallest absolute Gasteiger partial charge is 0.207 e. The number of benzene rings is 2. The van der Waals surface area contributed by atoms with Gasteiger partial charge in [-0.05, 0) is 41.3 Å². The van der Waals surface area contributed by atoms with Crippen molar-refractivity contribution in [3.8, 4) is 0 Å². The standard InChI is InChI=1S/C16H18FNO2S/c1-12(2)14-5-9-16(10-6-14)21(19,20)18-11-13-3-7-15(17)8-4-13/h3-10,12,18H,11H2,1-2H3. The Bertz CT molecular complexity index is 692. The number of hydrogen-bond donors (Lipinski definition) is 1. The van der Waals surface area contributed by atoms with Crippen LogP contribution in [-0.2, 0) is 16.6 Å². The van der Waals surface area contributed by atoms with E-state index in [-0.39, 0.29) is 17.3 Å². The molecule has 0 aliphatic heterocycles. The first-order chi connectivity index (χ1) is 9.88. The lowest BCUT2D eigenvalue weighted by Gasteiger charge is -2.09. The van der Waals surface area contributed by atoms with Crippen LogP contribution in [0.15, 0.2) is 53.4 Å². The van der Waals surface area contributed by atoms with Crippen LogP contribution < -0.4 is 4.72 Å². The summed E-state index contributed by atoms with van der Waals surface area (Å²) in [5, 5.41) is 0. The van der Waals surface area contributed by atoms with Crippen LogP contribution in [0.4, 0.5) is 4.39 Å². The van der Waals surface area contributed by atoms with E-state index in [0.717, 1.165) is 5.56 Å². The van der Waals surface area contributed by atoms with E-state index in [1.54, 1.807) is 24.3 Å². The van der Waals surface area contributed by atoms with Crippen molar-refractivity contribution in [2.75, 3.05) is 0 Å². The molecule has 0 radical (unpaired) electrons. The highest BCUT2D eigenvalue weighted by atomic mass is 32.2. The molecule has 0 amide bonds. The second-order valence-corrected chi connectivity index (χ2v) is 6.94. The third-order valence-electron chi connectivity index (χ3n) is 3.24. The van der Waals surface area contributed by atoms with Crippen molar-refractivity contribution in [2.45, 2.75) is 31.2 Å². The topological polar surface area (TPSA) is 46.2 Å². The predicted molar refractivity (Wildman–Crippen MR) is 81.0 cm³/mol. The molecule has 0 spiro atoms. The second kappa shape index (κ2) is 6.37. The zero-order valence-corrected chi connectivity index (χ0v) is 12.8. The van der Waals surface area contributed by atoms with Gasteiger partial charge in [0, 0.05) is 6.54 Å². The summed E-state index contributed by atoms with van der Waals surface area (Å²) in [5.41, 5.74) is 1.80. The van der Waals surface area contributed by atoms with Crippen molar-refractivity contribution < 1.29 is 12.8 Å². The van der Waals surface area contributed by atoms with Gasteiger partial charge in [0.25, 0.3) is 0 Å². The first kappa shape index (κ1) is 15.7. The Hall–Kier alpha value is -1.72. The van der Waals surface area contributed by atoms with Crippen LogP contribution in [0.2, 0.25) is 0 Å². The Balaban J connectivity index is 2.09. The van der Waals surface area contributed by atoms with Gasteiger partial charge in [-0.15, -0.1) is 0 Å². The highest BCUT2D eigenvalue weighted by molar-refractivity contribution is 7.89. The van der Waals surface area contributed by atoms with Crippen molar-refractivity contribution in [1.29, 1.82) is 0 Å². The first-order valence-corrected chi connectivity index (χ1v) is 8.21. The van der Waals surface area contributed by atoms with E-state index in [1.165, 1.54) is 12.1 Å². The van der Waals surface area contributed by atoms with Gasteiger partial charge in [0.2, 0.25) is 10.0 Å². The molecule has 5 heteroatoms. The summed E-state index contributed by atoms with van der Waals surface area (Å²) in [6, 6.07) is 12.6. The highest BCUT2D eigenvalue weighted by Gasteiger charge is 2.13. The molecule has 0 saturated carbocycles. The van der Waals surface area contributed by atoms with E-state index < -0.39 is 10.0 Å². The number of rotatable bonds is 5. The van der Waals surface area contributed by atoms with Gasteiger partial charge in [-0.25, -0.2) is 17.5 Å². The SMILES string of the molecule is CC(C)c1ccc(S(=O)(=O)NCc2ccc(F)cc2)cc1. The Morgan fingerprint density at radius 2 is 1.57 bits per heavy atom. The van der Waals surface area contributed by atoms with Crippen molar-refractivity contribution in [3.05, 3.63) is 65.5 Å². The van der Waals surface area contributed by atoms with Crippen LogP contribution in [0, 0.1) is 5.82 Å². The van der Waals surface area contributed by atoms with E-state index >= 15 is 0 Å². The van der Waals surface area contributed by atoms with Crippen LogP contribution in [0.25, 0.3) is 0 Å². The minimum atomic E-state index is -3.55. The van der Waals surface area contributed by atoms with Gasteiger partial charge in [0.05, 0.1) is 4.90 Å². The Kier molecular flexibility index (Phi) is 4.75. The van der Waals surface area contributed by atoms with Crippen LogP contribution in [-0.4, -0.2) is 8.42 Å². The fourth-order valence-electron chi connectivity index (χ4n) is 1.90. The van der Waals surface area contributed by atoms with E-state index in [2.05, 4.69) is 18.6 Å². The summed E-state index contributed by atoms with van der Waals surface area (Å²) >= 11 is 0. The molecule has 0 fully saturated rings. The van der Waals surface area contributed by atoms with Gasteiger partial charge in [0.1, 0.15) is 5.82 Å². The van der Waals surface area contributed by atoms with E-state index in [4.69, 9.17) is 0 Å². The summed E-state index contributed by atoms with van der Waals surface area (Å²) in [4.78, 5) is 0.231. The summed E-state index contributed by atoms with van der Waals surface area (Å²) in [6.07, 6.45) is 0. The lowest BCUT2D eigenvalue weighted by Crippen LogP contribution is -2.23. The maximum atomic E-state index is 12.8. The Morgan fingerprint density at radius 3 is 2.10 bits per heavy atom. The average molecular weight is 307 g/mol. The average Bonchev–Trinajstić information content (AvgIpc) is 2.47. The molecular formula is C16H18FNO2S. The zero-order chi connectivity index (χ0) is 15.5. The van der Waals surface area contributed by atoms with E-state index in [1.807, 2.05) is 12.1 Å². The van der Waals surface area contributed by atoms with Crippen LogP contribution in [0.5, 0.6) is 0 Å². The van der Waals surface area contributed by atoms with Crippen molar-refractivity contribution in [2.24, 2.45) is 0 Å². The number of nitrogens with one attached hydrogen (secondary N) is 1. The summed E-state index contributed by atoms with van der Waals surface area (Å²) < 4.78 is 39.6. The molecule has 0 aliphatic carbocycles. The fourth-order valence-corrected chi connectivity index (χ4v) is 2.91. The van der Waals surface area contributed by atoms with E-state index in [9.17, 15) is 12.8 Å². The van der Waals surface area contributed by atoms with Crippen LogP contribution in [0.3, 0.4) is 0 Å². The molecule has 0 heterocycles. The maximum absolute atomic E-state index is 12.8. The molecule has 21 heavy (non-hydrogen) atoms.